The molecule has 3 heterocycles. The van der Waals surface area contributed by atoms with Crippen molar-refractivity contribution >= 4 is 27.5 Å². The molecule has 28 heavy (non-hydrogen) atoms. The monoisotopic (exact) mass is 394 g/mol. The van der Waals surface area contributed by atoms with Crippen molar-refractivity contribution in [2.75, 3.05) is 26.3 Å². The summed E-state index contributed by atoms with van der Waals surface area (Å²) < 4.78 is 12.4. The number of ether oxygens (including phenoxy) is 2. The highest BCUT2D eigenvalue weighted by Gasteiger charge is 2.27. The average Bonchev–Trinajstić information content (AvgIpc) is 3.18. The normalized spacial score (nSPS) is 19.0. The van der Waals surface area contributed by atoms with Crippen molar-refractivity contribution in [3.05, 3.63) is 53.0 Å². The second kappa shape index (κ2) is 7.43. The molecule has 144 valence electrons. The third kappa shape index (κ3) is 3.44. The third-order valence-corrected chi connectivity index (χ3v) is 6.59. The number of benzene rings is 2. The number of fused-ring (bicyclic) bond motifs is 2. The number of piperidine rings is 1. The van der Waals surface area contributed by atoms with Gasteiger partial charge in [0.1, 0.15) is 13.2 Å². The van der Waals surface area contributed by atoms with Gasteiger partial charge in [-0.05, 0) is 42.7 Å². The molecule has 5 nitrogen and oxygen atoms in total. The molecule has 0 unspecified atom stereocenters. The van der Waals surface area contributed by atoms with E-state index in [4.69, 9.17) is 14.5 Å². The van der Waals surface area contributed by atoms with E-state index >= 15 is 0 Å². The zero-order valence-corrected chi connectivity index (χ0v) is 16.4. The number of likely N-dealkylation sites (tertiary alicyclic amines) is 1. The van der Waals surface area contributed by atoms with E-state index in [0.29, 0.717) is 25.6 Å². The Hall–Kier alpha value is -2.60. The van der Waals surface area contributed by atoms with Crippen LogP contribution in [0.4, 0.5) is 0 Å². The summed E-state index contributed by atoms with van der Waals surface area (Å²) in [5.74, 6) is 2.00. The molecule has 3 aromatic rings. The lowest BCUT2D eigenvalue weighted by atomic mass is 9.98. The highest BCUT2D eigenvalue weighted by atomic mass is 32.1. The van der Waals surface area contributed by atoms with Crippen LogP contribution in [-0.4, -0.2) is 42.1 Å². The topological polar surface area (TPSA) is 51.7 Å². The van der Waals surface area contributed by atoms with Gasteiger partial charge in [-0.3, -0.25) is 4.79 Å². The number of rotatable bonds is 3. The van der Waals surface area contributed by atoms with Crippen molar-refractivity contribution in [3.8, 4) is 11.5 Å². The quantitative estimate of drug-likeness (QED) is 0.673. The first-order valence-corrected chi connectivity index (χ1v) is 10.6. The summed E-state index contributed by atoms with van der Waals surface area (Å²) in [4.78, 5) is 19.7. The predicted octanol–water partition coefficient (Wildman–Crippen LogP) is 4.02. The lowest BCUT2D eigenvalue weighted by Crippen LogP contribution is -2.39. The van der Waals surface area contributed by atoms with Crippen LogP contribution in [0.5, 0.6) is 11.5 Å². The van der Waals surface area contributed by atoms with E-state index in [1.807, 2.05) is 35.2 Å². The zero-order chi connectivity index (χ0) is 18.9. The van der Waals surface area contributed by atoms with Crippen molar-refractivity contribution in [2.45, 2.75) is 25.2 Å². The van der Waals surface area contributed by atoms with Gasteiger partial charge >= 0.3 is 0 Å². The van der Waals surface area contributed by atoms with Crippen LogP contribution < -0.4 is 9.47 Å². The molecular weight excluding hydrogens is 372 g/mol. The summed E-state index contributed by atoms with van der Waals surface area (Å²) >= 11 is 1.76. The number of hydrogen-bond donors (Lipinski definition) is 0. The lowest BCUT2D eigenvalue weighted by Gasteiger charge is -2.32. The van der Waals surface area contributed by atoms with E-state index in [9.17, 15) is 4.79 Å². The molecule has 1 atom stereocenters. The van der Waals surface area contributed by atoms with Crippen LogP contribution in [0.1, 0.15) is 29.3 Å². The fraction of sp³-hybridized carbons (Fsp3) is 0.364. The maximum absolute atomic E-state index is 12.9. The largest absolute Gasteiger partial charge is 0.486 e. The van der Waals surface area contributed by atoms with Gasteiger partial charge in [0.2, 0.25) is 5.91 Å². The minimum absolute atomic E-state index is 0.169. The summed E-state index contributed by atoms with van der Waals surface area (Å²) in [6.07, 6.45) is 2.50. The van der Waals surface area contributed by atoms with Gasteiger partial charge in [-0.25, -0.2) is 4.98 Å². The van der Waals surface area contributed by atoms with Crippen LogP contribution >= 0.6 is 11.3 Å². The number of thiazole rings is 1. The first kappa shape index (κ1) is 17.5. The maximum atomic E-state index is 12.9. The summed E-state index contributed by atoms with van der Waals surface area (Å²) in [5, 5.41) is 1.15. The molecule has 0 spiro atoms. The number of aromatic nitrogens is 1. The van der Waals surface area contributed by atoms with E-state index in [1.165, 1.54) is 4.70 Å². The van der Waals surface area contributed by atoms with Gasteiger partial charge in [-0.2, -0.15) is 0 Å². The molecule has 6 heteroatoms. The summed E-state index contributed by atoms with van der Waals surface area (Å²) in [5.41, 5.74) is 2.03. The van der Waals surface area contributed by atoms with Crippen LogP contribution in [0.2, 0.25) is 0 Å². The Kier molecular flexibility index (Phi) is 4.64. The Morgan fingerprint density at radius 3 is 2.89 bits per heavy atom. The highest BCUT2D eigenvalue weighted by molar-refractivity contribution is 7.18. The molecule has 2 aliphatic rings. The van der Waals surface area contributed by atoms with E-state index in [0.717, 1.165) is 53.5 Å². The number of nitrogens with zero attached hydrogens (tertiary/aromatic N) is 2. The predicted molar refractivity (Wildman–Crippen MR) is 109 cm³/mol. The van der Waals surface area contributed by atoms with Crippen LogP contribution in [0.25, 0.3) is 10.2 Å². The third-order valence-electron chi connectivity index (χ3n) is 5.40. The SMILES string of the molecule is O=C(Cc1ccc2c(c1)OCCO2)N1CCC[C@@H](c2nc3ccccc3s2)C1. The highest BCUT2D eigenvalue weighted by Crippen LogP contribution is 2.34. The zero-order valence-electron chi connectivity index (χ0n) is 15.6. The van der Waals surface area contributed by atoms with Crippen molar-refractivity contribution in [1.82, 2.24) is 9.88 Å². The van der Waals surface area contributed by atoms with Crippen molar-refractivity contribution in [2.24, 2.45) is 0 Å². The van der Waals surface area contributed by atoms with Gasteiger partial charge in [0.05, 0.1) is 21.6 Å². The smallest absolute Gasteiger partial charge is 0.227 e. The Morgan fingerprint density at radius 2 is 2.00 bits per heavy atom. The Labute approximate surface area is 167 Å². The van der Waals surface area contributed by atoms with Crippen LogP contribution in [-0.2, 0) is 11.2 Å². The van der Waals surface area contributed by atoms with Crippen LogP contribution in [0.3, 0.4) is 0 Å². The molecule has 0 saturated carbocycles. The molecule has 1 fully saturated rings. The summed E-state index contributed by atoms with van der Waals surface area (Å²) in [7, 11) is 0. The van der Waals surface area contributed by atoms with Gasteiger partial charge in [0, 0.05) is 19.0 Å². The molecule has 0 N–H and O–H groups in total. The second-order valence-electron chi connectivity index (χ2n) is 7.35. The molecule has 1 amide bonds. The van der Waals surface area contributed by atoms with E-state index in [-0.39, 0.29) is 5.91 Å². The molecule has 0 bridgehead atoms. The number of amides is 1. The fourth-order valence-corrected chi connectivity index (χ4v) is 5.05. The fourth-order valence-electron chi connectivity index (χ4n) is 3.95. The van der Waals surface area contributed by atoms with Gasteiger partial charge < -0.3 is 14.4 Å². The minimum Gasteiger partial charge on any atom is -0.486 e. The van der Waals surface area contributed by atoms with Crippen molar-refractivity contribution in [3.63, 3.8) is 0 Å². The Morgan fingerprint density at radius 1 is 1.14 bits per heavy atom. The van der Waals surface area contributed by atoms with Crippen molar-refractivity contribution in [1.29, 1.82) is 0 Å². The number of carbonyl (C=O) groups excluding carboxylic acids is 1. The molecule has 1 aromatic heterocycles. The first-order valence-electron chi connectivity index (χ1n) is 9.78. The summed E-state index contributed by atoms with van der Waals surface area (Å²) in [6, 6.07) is 14.0. The van der Waals surface area contributed by atoms with E-state index in [1.54, 1.807) is 11.3 Å². The van der Waals surface area contributed by atoms with Gasteiger partial charge in [-0.1, -0.05) is 18.2 Å². The minimum atomic E-state index is 0.169. The van der Waals surface area contributed by atoms with Gasteiger partial charge in [0.15, 0.2) is 11.5 Å². The molecular formula is C22H22N2O3S. The second-order valence-corrected chi connectivity index (χ2v) is 8.42. The average molecular weight is 394 g/mol. The standard InChI is InChI=1S/C22H22N2O3S/c25-21(13-15-7-8-18-19(12-15)27-11-10-26-18)24-9-3-4-16(14-24)22-23-17-5-1-2-6-20(17)28-22/h1-2,5-8,12,16H,3-4,9-11,13-14H2/t16-/m1/s1. The molecule has 0 aliphatic carbocycles. The van der Waals surface area contributed by atoms with E-state index in [2.05, 4.69) is 12.1 Å². The molecule has 0 radical (unpaired) electrons. The Bertz CT molecular complexity index is 983. The van der Waals surface area contributed by atoms with Gasteiger partial charge in [0.25, 0.3) is 0 Å². The maximum Gasteiger partial charge on any atom is 0.227 e. The van der Waals surface area contributed by atoms with Gasteiger partial charge in [-0.15, -0.1) is 11.3 Å². The summed E-state index contributed by atoms with van der Waals surface area (Å²) in [6.45, 7) is 2.71. The first-order chi connectivity index (χ1) is 13.8. The molecule has 2 aliphatic heterocycles. The van der Waals surface area contributed by atoms with Crippen LogP contribution in [0, 0.1) is 0 Å². The molecule has 5 rings (SSSR count). The Balaban J connectivity index is 1.28. The molecule has 2 aromatic carbocycles. The number of para-hydroxylation sites is 1. The number of carbonyl (C=O) groups is 1. The molecule has 1 saturated heterocycles. The van der Waals surface area contributed by atoms with Crippen LogP contribution in [0.15, 0.2) is 42.5 Å². The number of hydrogen-bond acceptors (Lipinski definition) is 5. The lowest BCUT2D eigenvalue weighted by molar-refractivity contribution is -0.131. The van der Waals surface area contributed by atoms with Crippen molar-refractivity contribution < 1.29 is 14.3 Å². The van der Waals surface area contributed by atoms with E-state index < -0.39 is 0 Å².